The Bertz CT molecular complexity index is 415. The standard InChI is InChI=1S/C17H23N/c1-15-10-12-16(13-11-15)7-6-14-18(2)17-8-4-3-5-9-17/h10-13,17H,3-5,8-9,14H2,1-2H3. The van der Waals surface area contributed by atoms with Gasteiger partial charge in [0.15, 0.2) is 0 Å². The molecule has 1 heteroatoms. The van der Waals surface area contributed by atoms with Crippen LogP contribution in [-0.4, -0.2) is 24.5 Å². The van der Waals surface area contributed by atoms with E-state index in [1.807, 2.05) is 0 Å². The van der Waals surface area contributed by atoms with Gasteiger partial charge < -0.3 is 0 Å². The third-order valence-electron chi connectivity index (χ3n) is 3.81. The number of benzene rings is 1. The van der Waals surface area contributed by atoms with Crippen molar-refractivity contribution in [2.45, 2.75) is 45.1 Å². The molecular formula is C17H23N. The third kappa shape index (κ3) is 3.89. The van der Waals surface area contributed by atoms with Crippen LogP contribution >= 0.6 is 0 Å². The number of nitrogens with zero attached hydrogens (tertiary/aromatic N) is 1. The largest absolute Gasteiger partial charge is 0.292 e. The van der Waals surface area contributed by atoms with E-state index in [0.29, 0.717) is 0 Å². The first kappa shape index (κ1) is 13.2. The molecular weight excluding hydrogens is 218 g/mol. The van der Waals surface area contributed by atoms with Crippen molar-refractivity contribution in [1.82, 2.24) is 4.90 Å². The van der Waals surface area contributed by atoms with Gasteiger partial charge in [-0.3, -0.25) is 4.90 Å². The van der Waals surface area contributed by atoms with E-state index in [4.69, 9.17) is 0 Å². The number of hydrogen-bond acceptors (Lipinski definition) is 1. The lowest BCUT2D eigenvalue weighted by Gasteiger charge is -2.29. The fourth-order valence-corrected chi connectivity index (χ4v) is 2.55. The third-order valence-corrected chi connectivity index (χ3v) is 3.81. The molecule has 0 atom stereocenters. The van der Waals surface area contributed by atoms with Gasteiger partial charge in [-0.25, -0.2) is 0 Å². The summed E-state index contributed by atoms with van der Waals surface area (Å²) in [6.45, 7) is 2.99. The molecule has 0 heterocycles. The Labute approximate surface area is 111 Å². The average molecular weight is 241 g/mol. The van der Waals surface area contributed by atoms with E-state index < -0.39 is 0 Å². The van der Waals surface area contributed by atoms with Crippen molar-refractivity contribution in [2.24, 2.45) is 0 Å². The van der Waals surface area contributed by atoms with E-state index in [0.717, 1.165) is 18.2 Å². The molecule has 18 heavy (non-hydrogen) atoms. The summed E-state index contributed by atoms with van der Waals surface area (Å²) in [7, 11) is 2.21. The maximum atomic E-state index is 3.29. The first-order valence-electron chi connectivity index (χ1n) is 7.01. The second-order valence-corrected chi connectivity index (χ2v) is 5.37. The lowest BCUT2D eigenvalue weighted by molar-refractivity contribution is 0.212. The Morgan fingerprint density at radius 1 is 1.11 bits per heavy atom. The predicted molar refractivity (Wildman–Crippen MR) is 77.6 cm³/mol. The number of aryl methyl sites for hydroxylation is 1. The average Bonchev–Trinajstić information content (AvgIpc) is 2.42. The lowest BCUT2D eigenvalue weighted by Crippen LogP contribution is -2.33. The maximum absolute atomic E-state index is 3.29. The van der Waals surface area contributed by atoms with Gasteiger partial charge in [-0.15, -0.1) is 0 Å². The molecule has 1 aliphatic rings. The molecule has 1 saturated carbocycles. The van der Waals surface area contributed by atoms with E-state index in [-0.39, 0.29) is 0 Å². The van der Waals surface area contributed by atoms with Gasteiger partial charge in [0.25, 0.3) is 0 Å². The van der Waals surface area contributed by atoms with Gasteiger partial charge in [0.2, 0.25) is 0 Å². The molecule has 0 aliphatic heterocycles. The minimum Gasteiger partial charge on any atom is -0.292 e. The van der Waals surface area contributed by atoms with Crippen LogP contribution in [0.2, 0.25) is 0 Å². The van der Waals surface area contributed by atoms with E-state index in [1.165, 1.54) is 37.7 Å². The van der Waals surface area contributed by atoms with Crippen molar-refractivity contribution in [2.75, 3.05) is 13.6 Å². The molecule has 1 aromatic carbocycles. The molecule has 1 nitrogen and oxygen atoms in total. The summed E-state index contributed by atoms with van der Waals surface area (Å²) in [5, 5.41) is 0. The van der Waals surface area contributed by atoms with Crippen molar-refractivity contribution >= 4 is 0 Å². The van der Waals surface area contributed by atoms with Gasteiger partial charge in [0, 0.05) is 11.6 Å². The van der Waals surface area contributed by atoms with Crippen LogP contribution in [0.15, 0.2) is 24.3 Å². The molecule has 0 aromatic heterocycles. The van der Waals surface area contributed by atoms with Crippen molar-refractivity contribution in [3.63, 3.8) is 0 Å². The molecule has 0 N–H and O–H groups in total. The normalized spacial score (nSPS) is 16.4. The molecule has 0 amide bonds. The summed E-state index contributed by atoms with van der Waals surface area (Å²) in [4.78, 5) is 2.42. The summed E-state index contributed by atoms with van der Waals surface area (Å²) in [6.07, 6.45) is 6.89. The lowest BCUT2D eigenvalue weighted by atomic mass is 9.94. The van der Waals surface area contributed by atoms with Gasteiger partial charge >= 0.3 is 0 Å². The highest BCUT2D eigenvalue weighted by Gasteiger charge is 2.16. The zero-order chi connectivity index (χ0) is 12.8. The Morgan fingerprint density at radius 3 is 2.44 bits per heavy atom. The molecule has 1 aliphatic carbocycles. The monoisotopic (exact) mass is 241 g/mol. The van der Waals surface area contributed by atoms with E-state index in [1.54, 1.807) is 0 Å². The second kappa shape index (κ2) is 6.61. The molecule has 0 spiro atoms. The predicted octanol–water partition coefficient (Wildman–Crippen LogP) is 3.61. The minimum atomic E-state index is 0.756. The summed E-state index contributed by atoms with van der Waals surface area (Å²) in [5.74, 6) is 6.54. The fraction of sp³-hybridized carbons (Fsp3) is 0.529. The topological polar surface area (TPSA) is 3.24 Å². The first-order chi connectivity index (χ1) is 8.75. The van der Waals surface area contributed by atoms with Gasteiger partial charge in [-0.1, -0.05) is 48.8 Å². The van der Waals surface area contributed by atoms with Crippen LogP contribution < -0.4 is 0 Å². The molecule has 0 bridgehead atoms. The highest BCUT2D eigenvalue weighted by atomic mass is 15.1. The first-order valence-corrected chi connectivity index (χ1v) is 7.01. The van der Waals surface area contributed by atoms with E-state index >= 15 is 0 Å². The van der Waals surface area contributed by atoms with Crippen LogP contribution in [0.4, 0.5) is 0 Å². The van der Waals surface area contributed by atoms with E-state index in [2.05, 4.69) is 55.0 Å². The summed E-state index contributed by atoms with van der Waals surface area (Å²) in [6, 6.07) is 9.20. The van der Waals surface area contributed by atoms with Crippen LogP contribution in [0.3, 0.4) is 0 Å². The zero-order valence-electron chi connectivity index (χ0n) is 11.6. The van der Waals surface area contributed by atoms with Crippen molar-refractivity contribution in [3.8, 4) is 11.8 Å². The Hall–Kier alpha value is -1.26. The van der Waals surface area contributed by atoms with Crippen molar-refractivity contribution < 1.29 is 0 Å². The SMILES string of the molecule is Cc1ccc(C#CCN(C)C2CCCCC2)cc1. The van der Waals surface area contributed by atoms with Crippen molar-refractivity contribution in [1.29, 1.82) is 0 Å². The summed E-state index contributed by atoms with van der Waals surface area (Å²) in [5.41, 5.74) is 2.41. The van der Waals surface area contributed by atoms with Gasteiger partial charge in [-0.05, 0) is 38.9 Å². The minimum absolute atomic E-state index is 0.756. The fourth-order valence-electron chi connectivity index (χ4n) is 2.55. The molecule has 0 unspecified atom stereocenters. The van der Waals surface area contributed by atoms with E-state index in [9.17, 15) is 0 Å². The molecule has 0 radical (unpaired) electrons. The number of hydrogen-bond donors (Lipinski definition) is 0. The molecule has 2 rings (SSSR count). The Balaban J connectivity index is 1.85. The van der Waals surface area contributed by atoms with Crippen LogP contribution in [0.25, 0.3) is 0 Å². The van der Waals surface area contributed by atoms with Crippen LogP contribution in [0.5, 0.6) is 0 Å². The van der Waals surface area contributed by atoms with Crippen molar-refractivity contribution in [3.05, 3.63) is 35.4 Å². The van der Waals surface area contributed by atoms with Crippen LogP contribution in [0.1, 0.15) is 43.2 Å². The highest BCUT2D eigenvalue weighted by Crippen LogP contribution is 2.21. The summed E-state index contributed by atoms with van der Waals surface area (Å²) < 4.78 is 0. The van der Waals surface area contributed by atoms with Crippen LogP contribution in [0, 0.1) is 18.8 Å². The second-order valence-electron chi connectivity index (χ2n) is 5.37. The smallest absolute Gasteiger partial charge is 0.0605 e. The quantitative estimate of drug-likeness (QED) is 0.715. The van der Waals surface area contributed by atoms with Gasteiger partial charge in [0.05, 0.1) is 6.54 Å². The zero-order valence-corrected chi connectivity index (χ0v) is 11.6. The highest BCUT2D eigenvalue weighted by molar-refractivity contribution is 5.35. The number of rotatable bonds is 2. The molecule has 0 saturated heterocycles. The summed E-state index contributed by atoms with van der Waals surface area (Å²) >= 11 is 0. The van der Waals surface area contributed by atoms with Crippen LogP contribution in [-0.2, 0) is 0 Å². The van der Waals surface area contributed by atoms with Gasteiger partial charge in [0.1, 0.15) is 0 Å². The maximum Gasteiger partial charge on any atom is 0.0605 e. The van der Waals surface area contributed by atoms with Gasteiger partial charge in [-0.2, -0.15) is 0 Å². The Morgan fingerprint density at radius 2 is 1.78 bits per heavy atom. The molecule has 96 valence electrons. The Kier molecular flexibility index (Phi) is 4.84. The molecule has 1 fully saturated rings. The molecule has 1 aromatic rings.